The van der Waals surface area contributed by atoms with Crippen LogP contribution in [0.15, 0.2) is 48.5 Å². The Balaban J connectivity index is 1.88. The van der Waals surface area contributed by atoms with E-state index in [-0.39, 0.29) is 11.3 Å². The second-order valence-corrected chi connectivity index (χ2v) is 8.14. The van der Waals surface area contributed by atoms with Crippen molar-refractivity contribution in [2.75, 3.05) is 11.4 Å². The SMILES string of the molecule is CC1(C)c2ccccc2N2CCC(=O)NC21C=Cc1c(Cl)cccc1Cl. The van der Waals surface area contributed by atoms with Gasteiger partial charge in [0.25, 0.3) is 0 Å². The number of halogens is 2. The topological polar surface area (TPSA) is 32.3 Å². The molecule has 4 rings (SSSR count). The maximum Gasteiger partial charge on any atom is 0.223 e. The van der Waals surface area contributed by atoms with Crippen molar-refractivity contribution in [1.29, 1.82) is 0 Å². The molecule has 0 bridgehead atoms. The maximum atomic E-state index is 12.4. The zero-order valence-corrected chi connectivity index (χ0v) is 16.2. The third-order valence-electron chi connectivity index (χ3n) is 5.63. The fourth-order valence-corrected chi connectivity index (χ4v) is 4.72. The van der Waals surface area contributed by atoms with E-state index in [1.54, 1.807) is 0 Å². The van der Waals surface area contributed by atoms with Crippen molar-refractivity contribution in [3.63, 3.8) is 0 Å². The van der Waals surface area contributed by atoms with Crippen LogP contribution in [0.5, 0.6) is 0 Å². The average Bonchev–Trinajstić information content (AvgIpc) is 2.79. The highest BCUT2D eigenvalue weighted by atomic mass is 35.5. The van der Waals surface area contributed by atoms with Crippen molar-refractivity contribution in [2.45, 2.75) is 31.3 Å². The molecule has 26 heavy (non-hydrogen) atoms. The summed E-state index contributed by atoms with van der Waals surface area (Å²) in [6.45, 7) is 5.00. The van der Waals surface area contributed by atoms with Gasteiger partial charge in [0.2, 0.25) is 5.91 Å². The number of carbonyl (C=O) groups is 1. The lowest BCUT2D eigenvalue weighted by molar-refractivity contribution is -0.124. The van der Waals surface area contributed by atoms with Crippen molar-refractivity contribution in [2.24, 2.45) is 0 Å². The number of hydrogen-bond acceptors (Lipinski definition) is 2. The van der Waals surface area contributed by atoms with E-state index < -0.39 is 5.66 Å². The predicted octanol–water partition coefficient (Wildman–Crippen LogP) is 5.02. The fourth-order valence-electron chi connectivity index (χ4n) is 4.19. The van der Waals surface area contributed by atoms with Crippen molar-refractivity contribution in [3.05, 3.63) is 69.7 Å². The molecule has 0 spiro atoms. The van der Waals surface area contributed by atoms with E-state index in [0.717, 1.165) is 11.3 Å². The quantitative estimate of drug-likeness (QED) is 0.785. The molecule has 2 aliphatic rings. The molecule has 1 unspecified atom stereocenters. The first kappa shape index (κ1) is 17.4. The van der Waals surface area contributed by atoms with Crippen LogP contribution in [0.25, 0.3) is 6.08 Å². The Morgan fingerprint density at radius 2 is 1.77 bits per heavy atom. The van der Waals surface area contributed by atoms with Gasteiger partial charge in [-0.05, 0) is 29.8 Å². The van der Waals surface area contributed by atoms with E-state index in [1.807, 2.05) is 42.5 Å². The molecule has 0 aliphatic carbocycles. The Kier molecular flexibility index (Phi) is 4.05. The molecule has 1 fully saturated rings. The standard InChI is InChI=1S/C21H20Cl2N2O/c1-20(2)15-6-3-4-9-18(15)25-13-11-19(26)24-21(20,25)12-10-14-16(22)7-5-8-17(14)23/h3-10,12H,11,13H2,1-2H3,(H,24,26). The van der Waals surface area contributed by atoms with E-state index in [1.165, 1.54) is 5.56 Å². The van der Waals surface area contributed by atoms with Gasteiger partial charge in [0.15, 0.2) is 0 Å². The van der Waals surface area contributed by atoms with Crippen LogP contribution in [0, 0.1) is 0 Å². The number of nitrogens with zero attached hydrogens (tertiary/aromatic N) is 1. The van der Waals surface area contributed by atoms with Crippen molar-refractivity contribution < 1.29 is 4.79 Å². The molecule has 2 aromatic rings. The molecule has 0 aromatic heterocycles. The molecule has 1 N–H and O–H groups in total. The van der Waals surface area contributed by atoms with E-state index in [4.69, 9.17) is 23.2 Å². The minimum Gasteiger partial charge on any atom is -0.344 e. The van der Waals surface area contributed by atoms with Crippen LogP contribution in [0.2, 0.25) is 10.0 Å². The van der Waals surface area contributed by atoms with Crippen LogP contribution in [0.3, 0.4) is 0 Å². The highest BCUT2D eigenvalue weighted by molar-refractivity contribution is 6.37. The van der Waals surface area contributed by atoms with Gasteiger partial charge in [-0.15, -0.1) is 0 Å². The van der Waals surface area contributed by atoms with Gasteiger partial charge in [-0.1, -0.05) is 67.4 Å². The number of benzene rings is 2. The van der Waals surface area contributed by atoms with Gasteiger partial charge in [0.05, 0.1) is 0 Å². The van der Waals surface area contributed by atoms with Crippen LogP contribution in [0.4, 0.5) is 5.69 Å². The first-order valence-electron chi connectivity index (χ1n) is 8.68. The summed E-state index contributed by atoms with van der Waals surface area (Å²) in [6, 6.07) is 13.8. The predicted molar refractivity (Wildman–Crippen MR) is 108 cm³/mol. The monoisotopic (exact) mass is 386 g/mol. The summed E-state index contributed by atoms with van der Waals surface area (Å²) in [5.74, 6) is 0.0528. The lowest BCUT2D eigenvalue weighted by Gasteiger charge is -2.49. The Labute approximate surface area is 163 Å². The molecule has 2 aromatic carbocycles. The van der Waals surface area contributed by atoms with Crippen LogP contribution in [-0.2, 0) is 10.2 Å². The Morgan fingerprint density at radius 1 is 1.08 bits per heavy atom. The number of hydrogen-bond donors (Lipinski definition) is 1. The first-order chi connectivity index (χ1) is 12.4. The Bertz CT molecular complexity index is 902. The van der Waals surface area contributed by atoms with Gasteiger partial charge in [-0.25, -0.2) is 0 Å². The zero-order valence-electron chi connectivity index (χ0n) is 14.7. The summed E-state index contributed by atoms with van der Waals surface area (Å²) < 4.78 is 0. The molecule has 3 nitrogen and oxygen atoms in total. The zero-order chi connectivity index (χ0) is 18.5. The molecule has 0 saturated carbocycles. The van der Waals surface area contributed by atoms with Gasteiger partial charge >= 0.3 is 0 Å². The minimum atomic E-state index is -0.658. The summed E-state index contributed by atoms with van der Waals surface area (Å²) in [5.41, 5.74) is 2.17. The normalized spacial score (nSPS) is 23.7. The molecule has 5 heteroatoms. The number of amides is 1. The number of fused-ring (bicyclic) bond motifs is 3. The van der Waals surface area contributed by atoms with Crippen LogP contribution in [-0.4, -0.2) is 18.1 Å². The number of rotatable bonds is 2. The Morgan fingerprint density at radius 3 is 2.50 bits per heavy atom. The maximum absolute atomic E-state index is 12.4. The van der Waals surface area contributed by atoms with E-state index in [9.17, 15) is 4.79 Å². The lowest BCUT2D eigenvalue weighted by atomic mass is 9.74. The number of anilines is 1. The van der Waals surface area contributed by atoms with E-state index in [0.29, 0.717) is 23.0 Å². The molecular weight excluding hydrogens is 367 g/mol. The van der Waals surface area contributed by atoms with Gasteiger partial charge < -0.3 is 10.2 Å². The van der Waals surface area contributed by atoms with Crippen LogP contribution < -0.4 is 10.2 Å². The number of nitrogens with one attached hydrogen (secondary N) is 1. The fraction of sp³-hybridized carbons (Fsp3) is 0.286. The van der Waals surface area contributed by atoms with Crippen molar-refractivity contribution in [3.8, 4) is 0 Å². The largest absolute Gasteiger partial charge is 0.344 e. The highest BCUT2D eigenvalue weighted by Gasteiger charge is 2.57. The molecule has 1 saturated heterocycles. The highest BCUT2D eigenvalue weighted by Crippen LogP contribution is 2.52. The van der Waals surface area contributed by atoms with Crippen LogP contribution in [0.1, 0.15) is 31.4 Å². The number of para-hydroxylation sites is 1. The molecule has 2 aliphatic heterocycles. The Hall–Kier alpha value is -1.97. The molecule has 1 atom stereocenters. The van der Waals surface area contributed by atoms with Crippen molar-refractivity contribution >= 4 is 40.9 Å². The minimum absolute atomic E-state index is 0.0528. The van der Waals surface area contributed by atoms with E-state index >= 15 is 0 Å². The van der Waals surface area contributed by atoms with Gasteiger partial charge in [0, 0.05) is 39.7 Å². The third-order valence-corrected chi connectivity index (χ3v) is 6.29. The average molecular weight is 387 g/mol. The lowest BCUT2D eigenvalue weighted by Crippen LogP contribution is -2.68. The summed E-state index contributed by atoms with van der Waals surface area (Å²) >= 11 is 12.7. The number of carbonyl (C=O) groups excluding carboxylic acids is 1. The van der Waals surface area contributed by atoms with Gasteiger partial charge in [0.1, 0.15) is 5.66 Å². The molecule has 0 radical (unpaired) electrons. The molecule has 134 valence electrons. The summed E-state index contributed by atoms with van der Waals surface area (Å²) in [5, 5.41) is 4.43. The molecule has 1 amide bonds. The van der Waals surface area contributed by atoms with Crippen LogP contribution >= 0.6 is 23.2 Å². The van der Waals surface area contributed by atoms with Gasteiger partial charge in [-0.3, -0.25) is 4.79 Å². The van der Waals surface area contributed by atoms with Crippen molar-refractivity contribution in [1.82, 2.24) is 5.32 Å². The summed E-state index contributed by atoms with van der Waals surface area (Å²) in [6.07, 6.45) is 4.45. The molecular formula is C21H20Cl2N2O. The molecule has 2 heterocycles. The summed E-state index contributed by atoms with van der Waals surface area (Å²) in [4.78, 5) is 14.7. The smallest absolute Gasteiger partial charge is 0.223 e. The first-order valence-corrected chi connectivity index (χ1v) is 9.44. The second kappa shape index (κ2) is 6.04. The van der Waals surface area contributed by atoms with Gasteiger partial charge in [-0.2, -0.15) is 0 Å². The summed E-state index contributed by atoms with van der Waals surface area (Å²) in [7, 11) is 0. The second-order valence-electron chi connectivity index (χ2n) is 7.33. The third kappa shape index (κ3) is 2.38. The van der Waals surface area contributed by atoms with E-state index in [2.05, 4.69) is 36.2 Å².